The highest BCUT2D eigenvalue weighted by molar-refractivity contribution is 5.78. The summed E-state index contributed by atoms with van der Waals surface area (Å²) in [7, 11) is 3.55. The van der Waals surface area contributed by atoms with Gasteiger partial charge in [-0.2, -0.15) is 0 Å². The zero-order valence-electron chi connectivity index (χ0n) is 11.6. The molecule has 0 aliphatic carbocycles. The monoisotopic (exact) mass is 268 g/mol. The second-order valence-corrected chi connectivity index (χ2v) is 5.66. The molecular weight excluding hydrogens is 246 g/mol. The molecule has 0 saturated carbocycles. The fraction of sp³-hybridized carbons (Fsp3) is 0.846. The van der Waals surface area contributed by atoms with E-state index in [1.54, 1.807) is 19.0 Å². The lowest BCUT2D eigenvalue weighted by Crippen LogP contribution is -2.47. The predicted octanol–water partition coefficient (Wildman–Crippen LogP) is -0.178. The van der Waals surface area contributed by atoms with Crippen LogP contribution in [0.1, 0.15) is 19.3 Å². The Morgan fingerprint density at radius 2 is 2.00 bits per heavy atom. The van der Waals surface area contributed by atoms with Crippen LogP contribution in [0.25, 0.3) is 0 Å². The van der Waals surface area contributed by atoms with Crippen LogP contribution in [0.4, 0.5) is 0 Å². The van der Waals surface area contributed by atoms with Crippen molar-refractivity contribution in [3.05, 3.63) is 0 Å². The van der Waals surface area contributed by atoms with E-state index in [9.17, 15) is 9.59 Å². The molecule has 107 valence electrons. The molecule has 6 nitrogen and oxygen atoms in total. The first-order valence-electron chi connectivity index (χ1n) is 6.83. The van der Waals surface area contributed by atoms with Crippen LogP contribution in [-0.4, -0.2) is 66.7 Å². The summed E-state index contributed by atoms with van der Waals surface area (Å²) in [6, 6.07) is 0. The molecule has 2 aliphatic heterocycles. The number of hydrogen-bond donors (Lipinski definition) is 1. The quantitative estimate of drug-likeness (QED) is 0.770. The van der Waals surface area contributed by atoms with Gasteiger partial charge in [0.2, 0.25) is 5.91 Å². The van der Waals surface area contributed by atoms with Crippen molar-refractivity contribution in [2.75, 3.05) is 33.7 Å². The highest BCUT2D eigenvalue weighted by Gasteiger charge is 2.37. The summed E-state index contributed by atoms with van der Waals surface area (Å²) in [5.41, 5.74) is 0. The maximum Gasteiger partial charge on any atom is 0.306 e. The van der Waals surface area contributed by atoms with Crippen molar-refractivity contribution in [1.29, 1.82) is 0 Å². The SMILES string of the molecule is CN(C)C(=O)C1CCN(C2CC(C(=O)O)CC[N]2)C1. The van der Waals surface area contributed by atoms with Gasteiger partial charge in [-0.1, -0.05) is 0 Å². The maximum absolute atomic E-state index is 11.9. The normalized spacial score (nSPS) is 32.2. The standard InChI is InChI=1S/C13H22N3O3/c1-15(2)12(17)10-4-6-16(8-10)11-7-9(13(18)19)3-5-14-11/h9-11H,3-8H2,1-2H3,(H,18,19). The molecule has 3 unspecified atom stereocenters. The van der Waals surface area contributed by atoms with Gasteiger partial charge in [-0.3, -0.25) is 14.5 Å². The van der Waals surface area contributed by atoms with E-state index in [4.69, 9.17) is 5.11 Å². The molecule has 2 heterocycles. The molecule has 3 atom stereocenters. The zero-order valence-corrected chi connectivity index (χ0v) is 11.6. The van der Waals surface area contributed by atoms with Gasteiger partial charge in [0.1, 0.15) is 0 Å². The van der Waals surface area contributed by atoms with Crippen molar-refractivity contribution in [3.8, 4) is 0 Å². The largest absolute Gasteiger partial charge is 0.481 e. The third-order valence-corrected chi connectivity index (χ3v) is 4.09. The van der Waals surface area contributed by atoms with Crippen molar-refractivity contribution >= 4 is 11.9 Å². The number of aliphatic carboxylic acids is 1. The van der Waals surface area contributed by atoms with E-state index < -0.39 is 5.97 Å². The number of nitrogens with zero attached hydrogens (tertiary/aromatic N) is 3. The summed E-state index contributed by atoms with van der Waals surface area (Å²) >= 11 is 0. The second-order valence-electron chi connectivity index (χ2n) is 5.66. The molecule has 2 rings (SSSR count). The summed E-state index contributed by atoms with van der Waals surface area (Å²) in [5.74, 6) is -0.811. The average Bonchev–Trinajstić information content (AvgIpc) is 2.87. The van der Waals surface area contributed by atoms with Crippen molar-refractivity contribution in [2.45, 2.75) is 25.4 Å². The Hall–Kier alpha value is -1.14. The van der Waals surface area contributed by atoms with E-state index in [0.717, 1.165) is 13.0 Å². The van der Waals surface area contributed by atoms with Crippen LogP contribution in [0.5, 0.6) is 0 Å². The number of carbonyl (C=O) groups is 2. The van der Waals surface area contributed by atoms with Crippen LogP contribution in [-0.2, 0) is 9.59 Å². The summed E-state index contributed by atoms with van der Waals surface area (Å²) in [6.45, 7) is 2.16. The summed E-state index contributed by atoms with van der Waals surface area (Å²) in [6.07, 6.45) is 2.05. The zero-order chi connectivity index (χ0) is 14.0. The smallest absolute Gasteiger partial charge is 0.306 e. The molecule has 0 aromatic carbocycles. The molecule has 0 bridgehead atoms. The molecule has 6 heteroatoms. The van der Waals surface area contributed by atoms with Crippen molar-refractivity contribution in [1.82, 2.24) is 15.1 Å². The van der Waals surface area contributed by atoms with E-state index in [1.807, 2.05) is 0 Å². The summed E-state index contributed by atoms with van der Waals surface area (Å²) < 4.78 is 0. The number of likely N-dealkylation sites (tertiary alicyclic amines) is 1. The van der Waals surface area contributed by atoms with Gasteiger partial charge in [0.25, 0.3) is 0 Å². The van der Waals surface area contributed by atoms with Crippen molar-refractivity contribution in [2.24, 2.45) is 11.8 Å². The number of amides is 1. The van der Waals surface area contributed by atoms with Crippen LogP contribution in [0.15, 0.2) is 0 Å². The Bertz CT molecular complexity index is 359. The van der Waals surface area contributed by atoms with E-state index in [1.165, 1.54) is 0 Å². The highest BCUT2D eigenvalue weighted by Crippen LogP contribution is 2.26. The second kappa shape index (κ2) is 5.88. The number of hydrogen-bond acceptors (Lipinski definition) is 3. The van der Waals surface area contributed by atoms with Gasteiger partial charge in [-0.05, 0) is 19.3 Å². The first-order valence-corrected chi connectivity index (χ1v) is 6.83. The summed E-state index contributed by atoms with van der Waals surface area (Å²) in [5, 5.41) is 13.6. The van der Waals surface area contributed by atoms with E-state index in [0.29, 0.717) is 25.9 Å². The Balaban J connectivity index is 1.90. The van der Waals surface area contributed by atoms with Gasteiger partial charge in [0, 0.05) is 33.7 Å². The number of carboxylic acids is 1. The minimum atomic E-state index is -0.722. The molecular formula is C13H22N3O3. The van der Waals surface area contributed by atoms with Crippen LogP contribution in [0, 0.1) is 11.8 Å². The van der Waals surface area contributed by atoms with E-state index >= 15 is 0 Å². The van der Waals surface area contributed by atoms with Gasteiger partial charge in [0.05, 0.1) is 18.0 Å². The van der Waals surface area contributed by atoms with E-state index in [-0.39, 0.29) is 23.9 Å². The molecule has 0 aromatic rings. The number of piperidine rings is 1. The highest BCUT2D eigenvalue weighted by atomic mass is 16.4. The van der Waals surface area contributed by atoms with Gasteiger partial charge in [0.15, 0.2) is 0 Å². The number of carboxylic acid groups (broad SMARTS) is 1. The Labute approximate surface area is 113 Å². The summed E-state index contributed by atoms with van der Waals surface area (Å²) in [4.78, 5) is 26.8. The molecule has 2 aliphatic rings. The van der Waals surface area contributed by atoms with Crippen LogP contribution >= 0.6 is 0 Å². The van der Waals surface area contributed by atoms with E-state index in [2.05, 4.69) is 10.2 Å². The van der Waals surface area contributed by atoms with Crippen LogP contribution < -0.4 is 5.32 Å². The molecule has 1 N–H and O–H groups in total. The third kappa shape index (κ3) is 3.25. The number of rotatable bonds is 3. The Kier molecular flexibility index (Phi) is 4.42. The lowest BCUT2D eigenvalue weighted by Gasteiger charge is -2.33. The molecule has 2 saturated heterocycles. The van der Waals surface area contributed by atoms with Crippen LogP contribution in [0.3, 0.4) is 0 Å². The first-order chi connectivity index (χ1) is 8.99. The minimum absolute atomic E-state index is 0.0187. The lowest BCUT2D eigenvalue weighted by atomic mass is 9.95. The maximum atomic E-state index is 11.9. The molecule has 19 heavy (non-hydrogen) atoms. The fourth-order valence-corrected chi connectivity index (χ4v) is 2.94. The number of carbonyl (C=O) groups excluding carboxylic acids is 1. The average molecular weight is 268 g/mol. The molecule has 0 spiro atoms. The lowest BCUT2D eigenvalue weighted by molar-refractivity contribution is -0.143. The van der Waals surface area contributed by atoms with Gasteiger partial charge >= 0.3 is 5.97 Å². The molecule has 1 radical (unpaired) electrons. The third-order valence-electron chi connectivity index (χ3n) is 4.09. The molecule has 2 fully saturated rings. The van der Waals surface area contributed by atoms with Gasteiger partial charge < -0.3 is 10.0 Å². The van der Waals surface area contributed by atoms with Crippen molar-refractivity contribution in [3.63, 3.8) is 0 Å². The van der Waals surface area contributed by atoms with Gasteiger partial charge in [-0.15, -0.1) is 0 Å². The topological polar surface area (TPSA) is 75.0 Å². The predicted molar refractivity (Wildman–Crippen MR) is 69.5 cm³/mol. The van der Waals surface area contributed by atoms with Crippen molar-refractivity contribution < 1.29 is 14.7 Å². The van der Waals surface area contributed by atoms with Gasteiger partial charge in [-0.25, -0.2) is 5.32 Å². The minimum Gasteiger partial charge on any atom is -0.481 e. The molecule has 1 amide bonds. The fourth-order valence-electron chi connectivity index (χ4n) is 2.94. The Morgan fingerprint density at radius 3 is 2.63 bits per heavy atom. The molecule has 0 aromatic heterocycles. The first kappa shape index (κ1) is 14.3. The van der Waals surface area contributed by atoms with Crippen LogP contribution in [0.2, 0.25) is 0 Å². The Morgan fingerprint density at radius 1 is 1.26 bits per heavy atom.